The fraction of sp³-hybridized carbons (Fsp3) is 0.118. The van der Waals surface area contributed by atoms with Gasteiger partial charge in [-0.1, -0.05) is 17.3 Å². The molecule has 9 heteroatoms. The van der Waals surface area contributed by atoms with E-state index < -0.39 is 0 Å². The number of ether oxygens (including phenoxy) is 1. The lowest BCUT2D eigenvalue weighted by molar-refractivity contribution is 0.0951. The van der Waals surface area contributed by atoms with Crippen LogP contribution in [0.2, 0.25) is 0 Å². The molecule has 2 aromatic heterocycles. The number of hydrogen-bond acceptors (Lipinski definition) is 6. The van der Waals surface area contributed by atoms with E-state index in [1.165, 1.54) is 0 Å². The fourth-order valence-corrected chi connectivity index (χ4v) is 2.51. The largest absolute Gasteiger partial charge is 0.485 e. The zero-order valence-electron chi connectivity index (χ0n) is 13.6. The van der Waals surface area contributed by atoms with Crippen molar-refractivity contribution in [1.82, 2.24) is 36.1 Å². The molecule has 0 unspecified atom stereocenters. The van der Waals surface area contributed by atoms with Gasteiger partial charge in [-0.25, -0.2) is 0 Å². The highest BCUT2D eigenvalue weighted by Gasteiger charge is 2.08. The summed E-state index contributed by atoms with van der Waals surface area (Å²) in [5.41, 5.74) is 2.41. The molecular formula is C17H15N7O2. The van der Waals surface area contributed by atoms with Gasteiger partial charge in [-0.2, -0.15) is 10.3 Å². The molecule has 26 heavy (non-hydrogen) atoms. The molecule has 0 fully saturated rings. The Labute approximate surface area is 147 Å². The molecule has 0 aliphatic carbocycles. The first-order valence-corrected chi connectivity index (χ1v) is 7.93. The van der Waals surface area contributed by atoms with Crippen molar-refractivity contribution in [2.75, 3.05) is 0 Å². The van der Waals surface area contributed by atoms with Crippen LogP contribution >= 0.6 is 0 Å². The number of rotatable bonds is 6. The molecule has 0 spiro atoms. The molecule has 0 saturated carbocycles. The molecule has 0 aliphatic rings. The number of benzene rings is 2. The van der Waals surface area contributed by atoms with Crippen LogP contribution < -0.4 is 10.1 Å². The van der Waals surface area contributed by atoms with Crippen LogP contribution in [0.15, 0.2) is 48.7 Å². The summed E-state index contributed by atoms with van der Waals surface area (Å²) in [6, 6.07) is 12.9. The molecule has 0 saturated heterocycles. The number of fused-ring (bicyclic) bond motifs is 1. The van der Waals surface area contributed by atoms with Gasteiger partial charge in [0.15, 0.2) is 6.61 Å². The summed E-state index contributed by atoms with van der Waals surface area (Å²) in [6.45, 7) is 0.610. The van der Waals surface area contributed by atoms with Crippen LogP contribution in [0, 0.1) is 0 Å². The number of tetrazole rings is 1. The Morgan fingerprint density at radius 1 is 1.19 bits per heavy atom. The third-order valence-electron chi connectivity index (χ3n) is 3.81. The maximum Gasteiger partial charge on any atom is 0.251 e. The topological polar surface area (TPSA) is 121 Å². The number of carbonyl (C=O) groups is 1. The molecule has 2 heterocycles. The zero-order valence-corrected chi connectivity index (χ0v) is 13.6. The summed E-state index contributed by atoms with van der Waals surface area (Å²) < 4.78 is 5.61. The van der Waals surface area contributed by atoms with Crippen LogP contribution in [0.25, 0.3) is 10.9 Å². The van der Waals surface area contributed by atoms with E-state index in [-0.39, 0.29) is 12.5 Å². The van der Waals surface area contributed by atoms with Gasteiger partial charge in [0.1, 0.15) is 5.75 Å². The normalized spacial score (nSPS) is 10.8. The Kier molecular flexibility index (Phi) is 4.25. The first-order chi connectivity index (χ1) is 12.8. The van der Waals surface area contributed by atoms with E-state index in [0.29, 0.717) is 23.7 Å². The van der Waals surface area contributed by atoms with Crippen molar-refractivity contribution >= 4 is 16.8 Å². The highest BCUT2D eigenvalue weighted by Crippen LogP contribution is 2.15. The second-order valence-corrected chi connectivity index (χ2v) is 5.62. The van der Waals surface area contributed by atoms with Gasteiger partial charge >= 0.3 is 0 Å². The number of hydrogen-bond donors (Lipinski definition) is 3. The molecule has 0 bridgehead atoms. The minimum absolute atomic E-state index is 0.147. The second-order valence-electron chi connectivity index (χ2n) is 5.62. The first kappa shape index (κ1) is 15.8. The molecule has 3 N–H and O–H groups in total. The number of carbonyl (C=O) groups excluding carboxylic acids is 1. The molecule has 9 nitrogen and oxygen atoms in total. The van der Waals surface area contributed by atoms with Crippen molar-refractivity contribution in [3.63, 3.8) is 0 Å². The van der Waals surface area contributed by atoms with Gasteiger partial charge in [0.25, 0.3) is 5.91 Å². The van der Waals surface area contributed by atoms with Crippen LogP contribution in [0.5, 0.6) is 5.75 Å². The number of aromatic nitrogens is 6. The summed E-state index contributed by atoms with van der Waals surface area (Å²) in [4.78, 5) is 12.3. The van der Waals surface area contributed by atoms with Crippen molar-refractivity contribution < 1.29 is 9.53 Å². The maximum absolute atomic E-state index is 12.3. The molecule has 4 rings (SSSR count). The lowest BCUT2D eigenvalue weighted by Gasteiger charge is -2.08. The minimum Gasteiger partial charge on any atom is -0.485 e. The van der Waals surface area contributed by atoms with Gasteiger partial charge in [0.05, 0.1) is 11.7 Å². The summed E-state index contributed by atoms with van der Waals surface area (Å²) in [6.07, 6.45) is 1.69. The first-order valence-electron chi connectivity index (χ1n) is 7.93. The maximum atomic E-state index is 12.3. The number of nitrogens with zero attached hydrogens (tertiary/aromatic N) is 4. The zero-order chi connectivity index (χ0) is 17.8. The van der Waals surface area contributed by atoms with E-state index in [4.69, 9.17) is 4.74 Å². The number of H-pyrrole nitrogens is 2. The van der Waals surface area contributed by atoms with E-state index in [9.17, 15) is 4.79 Å². The monoisotopic (exact) mass is 349 g/mol. The van der Waals surface area contributed by atoms with Gasteiger partial charge in [0, 0.05) is 17.5 Å². The predicted octanol–water partition coefficient (Wildman–Crippen LogP) is 1.58. The quantitative estimate of drug-likeness (QED) is 0.486. The summed E-state index contributed by atoms with van der Waals surface area (Å²) in [5.74, 6) is 0.992. The van der Waals surface area contributed by atoms with Crippen molar-refractivity contribution in [2.45, 2.75) is 13.2 Å². The van der Waals surface area contributed by atoms with Gasteiger partial charge < -0.3 is 10.1 Å². The molecule has 2 aromatic carbocycles. The van der Waals surface area contributed by atoms with Crippen molar-refractivity contribution in [3.8, 4) is 5.75 Å². The van der Waals surface area contributed by atoms with Crippen LogP contribution in [-0.4, -0.2) is 36.7 Å². The fourth-order valence-electron chi connectivity index (χ4n) is 2.51. The molecular weight excluding hydrogens is 334 g/mol. The van der Waals surface area contributed by atoms with Crippen molar-refractivity contribution in [2.24, 2.45) is 0 Å². The molecule has 0 aliphatic heterocycles. The van der Waals surface area contributed by atoms with Crippen LogP contribution in [0.4, 0.5) is 0 Å². The van der Waals surface area contributed by atoms with Crippen LogP contribution in [0.1, 0.15) is 21.7 Å². The van der Waals surface area contributed by atoms with Gasteiger partial charge in [-0.3, -0.25) is 9.89 Å². The average molecular weight is 349 g/mol. The van der Waals surface area contributed by atoms with Gasteiger partial charge in [-0.15, -0.1) is 10.2 Å². The van der Waals surface area contributed by atoms with E-state index in [1.807, 2.05) is 30.3 Å². The molecule has 1 amide bonds. The van der Waals surface area contributed by atoms with Crippen LogP contribution in [-0.2, 0) is 13.2 Å². The number of aromatic amines is 2. The Balaban J connectivity index is 1.37. The highest BCUT2D eigenvalue weighted by atomic mass is 16.5. The van der Waals surface area contributed by atoms with Gasteiger partial charge in [-0.05, 0) is 35.9 Å². The number of nitrogens with one attached hydrogen (secondary N) is 3. The minimum atomic E-state index is -0.147. The third-order valence-corrected chi connectivity index (χ3v) is 3.81. The molecule has 4 aromatic rings. The predicted molar refractivity (Wildman–Crippen MR) is 92.2 cm³/mol. The van der Waals surface area contributed by atoms with E-state index >= 15 is 0 Å². The van der Waals surface area contributed by atoms with Crippen LogP contribution in [0.3, 0.4) is 0 Å². The van der Waals surface area contributed by atoms with Crippen molar-refractivity contribution in [3.05, 3.63) is 65.6 Å². The van der Waals surface area contributed by atoms with E-state index in [2.05, 4.69) is 36.1 Å². The third kappa shape index (κ3) is 3.51. The lowest BCUT2D eigenvalue weighted by atomic mass is 10.1. The summed E-state index contributed by atoms with van der Waals surface area (Å²) >= 11 is 0. The smallest absolute Gasteiger partial charge is 0.251 e. The summed E-state index contributed by atoms with van der Waals surface area (Å²) in [5, 5.41) is 24.1. The Morgan fingerprint density at radius 3 is 3.04 bits per heavy atom. The van der Waals surface area contributed by atoms with E-state index in [1.54, 1.807) is 18.3 Å². The van der Waals surface area contributed by atoms with Crippen molar-refractivity contribution in [1.29, 1.82) is 0 Å². The molecule has 0 atom stereocenters. The second kappa shape index (κ2) is 7.01. The summed E-state index contributed by atoms with van der Waals surface area (Å²) in [7, 11) is 0. The Bertz CT molecular complexity index is 1030. The van der Waals surface area contributed by atoms with Gasteiger partial charge in [0.2, 0.25) is 5.82 Å². The molecule has 130 valence electrons. The number of amides is 1. The Hall–Kier alpha value is -3.75. The SMILES string of the molecule is O=C(NCc1cccc(OCc2nn[nH]n2)c1)c1ccc2[nH]ncc2c1. The average Bonchev–Trinajstić information content (AvgIpc) is 3.35. The standard InChI is InChI=1S/C17H15N7O2/c25-17(12-4-5-15-13(7-12)9-19-20-15)18-8-11-2-1-3-14(6-11)26-10-16-21-23-24-22-16/h1-7,9H,8,10H2,(H,18,25)(H,19,20)(H,21,22,23,24). The Morgan fingerprint density at radius 2 is 2.15 bits per heavy atom. The highest BCUT2D eigenvalue weighted by molar-refractivity contribution is 5.97. The lowest BCUT2D eigenvalue weighted by Crippen LogP contribution is -2.22. The molecule has 0 radical (unpaired) electrons. The van der Waals surface area contributed by atoms with E-state index in [0.717, 1.165) is 16.5 Å².